The molecular weight excluding hydrogens is 341 g/mol. The number of amides is 1. The van der Waals surface area contributed by atoms with E-state index in [2.05, 4.69) is 10.6 Å². The zero-order valence-corrected chi connectivity index (χ0v) is 14.1. The van der Waals surface area contributed by atoms with Gasteiger partial charge in [-0.1, -0.05) is 37.3 Å². The average molecular weight is 363 g/mol. The predicted octanol–water partition coefficient (Wildman–Crippen LogP) is 5.00. The maximum atomic E-state index is 12.8. The molecule has 7 heteroatoms. The van der Waals surface area contributed by atoms with Crippen molar-refractivity contribution in [1.29, 1.82) is 0 Å². The molecule has 0 atom stereocenters. The van der Waals surface area contributed by atoms with Crippen molar-refractivity contribution < 1.29 is 18.0 Å². The van der Waals surface area contributed by atoms with Crippen LogP contribution in [0.4, 0.5) is 18.9 Å². The lowest BCUT2D eigenvalue weighted by Crippen LogP contribution is -2.31. The Morgan fingerprint density at radius 3 is 2.46 bits per heavy atom. The Morgan fingerprint density at radius 2 is 1.83 bits per heavy atom. The van der Waals surface area contributed by atoms with Crippen LogP contribution in [0, 0.1) is 0 Å². The predicted molar refractivity (Wildman–Crippen MR) is 89.2 cm³/mol. The summed E-state index contributed by atoms with van der Waals surface area (Å²) in [6, 6.07) is 3.81. The van der Waals surface area contributed by atoms with Gasteiger partial charge in [-0.3, -0.25) is 4.79 Å². The minimum Gasteiger partial charge on any atom is -0.326 e. The Balaban J connectivity index is 1.82. The van der Waals surface area contributed by atoms with Crippen molar-refractivity contribution in [2.45, 2.75) is 57.2 Å². The summed E-state index contributed by atoms with van der Waals surface area (Å²) in [6.45, 7) is 0.524. The highest BCUT2D eigenvalue weighted by atomic mass is 35.5. The third-order valence-electron chi connectivity index (χ3n) is 4.20. The monoisotopic (exact) mass is 362 g/mol. The second kappa shape index (κ2) is 8.72. The fourth-order valence-corrected chi connectivity index (χ4v) is 3.14. The largest absolute Gasteiger partial charge is 0.417 e. The first-order valence-electron chi connectivity index (χ1n) is 8.26. The molecule has 1 aromatic carbocycles. The summed E-state index contributed by atoms with van der Waals surface area (Å²) >= 11 is 5.56. The average Bonchev–Trinajstić information content (AvgIpc) is 2.77. The minimum absolute atomic E-state index is 0.103. The molecule has 1 aromatic rings. The minimum atomic E-state index is -4.54. The van der Waals surface area contributed by atoms with Crippen LogP contribution in [0.15, 0.2) is 18.2 Å². The second-order valence-electron chi connectivity index (χ2n) is 6.13. The van der Waals surface area contributed by atoms with Crippen LogP contribution < -0.4 is 10.6 Å². The Morgan fingerprint density at radius 1 is 1.17 bits per heavy atom. The number of benzene rings is 1. The molecule has 1 aliphatic carbocycles. The van der Waals surface area contributed by atoms with E-state index in [9.17, 15) is 18.0 Å². The number of nitrogens with one attached hydrogen (secondary N) is 2. The highest BCUT2D eigenvalue weighted by Crippen LogP contribution is 2.36. The molecule has 0 spiro atoms. The molecule has 1 saturated carbocycles. The van der Waals surface area contributed by atoms with Crippen molar-refractivity contribution in [3.8, 4) is 0 Å². The van der Waals surface area contributed by atoms with E-state index < -0.39 is 11.7 Å². The van der Waals surface area contributed by atoms with Crippen molar-refractivity contribution in [2.24, 2.45) is 0 Å². The van der Waals surface area contributed by atoms with Gasteiger partial charge in [-0.15, -0.1) is 0 Å². The Bertz CT molecular complexity index is 555. The molecule has 0 heterocycles. The van der Waals surface area contributed by atoms with Gasteiger partial charge in [-0.25, -0.2) is 0 Å². The maximum absolute atomic E-state index is 12.8. The molecule has 0 aromatic heterocycles. The second-order valence-corrected chi connectivity index (χ2v) is 6.54. The van der Waals surface area contributed by atoms with E-state index in [1.165, 1.54) is 31.7 Å². The number of carbonyl (C=O) groups is 1. The van der Waals surface area contributed by atoms with Crippen molar-refractivity contribution in [2.75, 3.05) is 11.9 Å². The number of hydrogen-bond acceptors (Lipinski definition) is 2. The third-order valence-corrected chi connectivity index (χ3v) is 4.53. The molecule has 0 saturated heterocycles. The van der Waals surface area contributed by atoms with Gasteiger partial charge in [0.25, 0.3) is 0 Å². The number of alkyl halides is 3. The fourth-order valence-electron chi connectivity index (χ4n) is 2.92. The zero-order chi connectivity index (χ0) is 17.6. The number of hydrogen-bond donors (Lipinski definition) is 2. The summed E-state index contributed by atoms with van der Waals surface area (Å²) in [5.74, 6) is -0.313. The van der Waals surface area contributed by atoms with E-state index in [0.29, 0.717) is 12.6 Å². The molecule has 1 aliphatic rings. The first kappa shape index (κ1) is 19.1. The first-order chi connectivity index (χ1) is 11.4. The number of rotatable bonds is 5. The lowest BCUT2D eigenvalue weighted by molar-refractivity contribution is -0.137. The molecule has 0 bridgehead atoms. The van der Waals surface area contributed by atoms with Gasteiger partial charge < -0.3 is 10.6 Å². The Labute approximate surface area is 145 Å². The van der Waals surface area contributed by atoms with Gasteiger partial charge in [0.15, 0.2) is 0 Å². The van der Waals surface area contributed by atoms with E-state index in [0.717, 1.165) is 25.0 Å². The maximum Gasteiger partial charge on any atom is 0.417 e. The van der Waals surface area contributed by atoms with Gasteiger partial charge >= 0.3 is 6.18 Å². The lowest BCUT2D eigenvalue weighted by Gasteiger charge is -2.16. The Hall–Kier alpha value is -1.27. The van der Waals surface area contributed by atoms with Crippen LogP contribution in [0.2, 0.25) is 5.02 Å². The molecule has 3 nitrogen and oxygen atoms in total. The molecule has 1 fully saturated rings. The molecular formula is C17H22ClF3N2O. The fraction of sp³-hybridized carbons (Fsp3) is 0.588. The molecule has 0 aliphatic heterocycles. The molecule has 24 heavy (non-hydrogen) atoms. The van der Waals surface area contributed by atoms with Gasteiger partial charge in [0.1, 0.15) is 0 Å². The van der Waals surface area contributed by atoms with Crippen LogP contribution in [-0.4, -0.2) is 18.5 Å². The summed E-state index contributed by atoms with van der Waals surface area (Å²) in [5, 5.41) is 5.48. The van der Waals surface area contributed by atoms with Crippen molar-refractivity contribution in [1.82, 2.24) is 5.32 Å². The molecule has 0 radical (unpaired) electrons. The van der Waals surface area contributed by atoms with E-state index >= 15 is 0 Å². The van der Waals surface area contributed by atoms with Gasteiger partial charge in [0.2, 0.25) is 5.91 Å². The van der Waals surface area contributed by atoms with Crippen LogP contribution in [0.1, 0.15) is 50.5 Å². The summed E-state index contributed by atoms with van der Waals surface area (Å²) in [6.07, 6.45) is 2.85. The smallest absolute Gasteiger partial charge is 0.326 e. The van der Waals surface area contributed by atoms with Crippen LogP contribution in [0.25, 0.3) is 0 Å². The van der Waals surface area contributed by atoms with E-state index in [1.54, 1.807) is 0 Å². The summed E-state index contributed by atoms with van der Waals surface area (Å²) in [7, 11) is 0. The van der Waals surface area contributed by atoms with Crippen LogP contribution in [0.3, 0.4) is 0 Å². The van der Waals surface area contributed by atoms with Gasteiger partial charge in [0, 0.05) is 24.7 Å². The van der Waals surface area contributed by atoms with Crippen molar-refractivity contribution in [3.63, 3.8) is 0 Å². The summed E-state index contributed by atoms with van der Waals surface area (Å²) in [5.41, 5.74) is -0.843. The Kier molecular flexibility index (Phi) is 6.92. The van der Waals surface area contributed by atoms with E-state index in [-0.39, 0.29) is 23.0 Å². The van der Waals surface area contributed by atoms with Gasteiger partial charge in [-0.2, -0.15) is 13.2 Å². The molecule has 1 amide bonds. The standard InChI is InChI=1S/C17H22ClF3N2O/c18-15-8-7-13(11-14(15)17(19,20)21)23-16(24)9-10-22-12-5-3-1-2-4-6-12/h7-8,11-12,22H,1-6,9-10H2,(H,23,24). The number of anilines is 1. The van der Waals surface area contributed by atoms with Crippen LogP contribution >= 0.6 is 11.6 Å². The molecule has 2 rings (SSSR count). The van der Waals surface area contributed by atoms with Crippen LogP contribution in [0.5, 0.6) is 0 Å². The van der Waals surface area contributed by atoms with Crippen molar-refractivity contribution in [3.05, 3.63) is 28.8 Å². The zero-order valence-electron chi connectivity index (χ0n) is 13.4. The summed E-state index contributed by atoms with van der Waals surface area (Å²) < 4.78 is 38.4. The SMILES string of the molecule is O=C(CCNC1CCCCCC1)Nc1ccc(Cl)c(C(F)(F)F)c1. The summed E-state index contributed by atoms with van der Waals surface area (Å²) in [4.78, 5) is 11.9. The normalized spacial score (nSPS) is 16.7. The van der Waals surface area contributed by atoms with Gasteiger partial charge in [0.05, 0.1) is 10.6 Å². The third kappa shape index (κ3) is 5.98. The van der Waals surface area contributed by atoms with Gasteiger partial charge in [-0.05, 0) is 31.0 Å². The quantitative estimate of drug-likeness (QED) is 0.724. The van der Waals surface area contributed by atoms with Crippen LogP contribution in [-0.2, 0) is 11.0 Å². The molecule has 2 N–H and O–H groups in total. The topological polar surface area (TPSA) is 41.1 Å². The first-order valence-corrected chi connectivity index (χ1v) is 8.64. The lowest BCUT2D eigenvalue weighted by atomic mass is 10.1. The molecule has 0 unspecified atom stereocenters. The van der Waals surface area contributed by atoms with E-state index in [1.807, 2.05) is 0 Å². The molecule has 134 valence electrons. The number of carbonyl (C=O) groups excluding carboxylic acids is 1. The van der Waals surface area contributed by atoms with E-state index in [4.69, 9.17) is 11.6 Å². The number of halogens is 4. The van der Waals surface area contributed by atoms with Crippen molar-refractivity contribution >= 4 is 23.2 Å². The highest BCUT2D eigenvalue weighted by molar-refractivity contribution is 6.31. The highest BCUT2D eigenvalue weighted by Gasteiger charge is 2.33.